The van der Waals surface area contributed by atoms with Crippen LogP contribution < -0.4 is 10.7 Å². The molecule has 0 bridgehead atoms. The summed E-state index contributed by atoms with van der Waals surface area (Å²) in [6, 6.07) is 5.45. The Bertz CT molecular complexity index is 443. The smallest absolute Gasteiger partial charge is 0.238 e. The molecule has 0 aliphatic heterocycles. The van der Waals surface area contributed by atoms with Crippen molar-refractivity contribution in [3.8, 4) is 0 Å². The van der Waals surface area contributed by atoms with Crippen LogP contribution in [0.3, 0.4) is 0 Å². The standard InChI is InChI=1S/C8H7NO2.Rh/c1-5-2-3-7-6(4-5)9-8(10)11-7;/h2-4H,1H3,(H,9,10);/p-1. The summed E-state index contributed by atoms with van der Waals surface area (Å²) in [6.07, 6.45) is 0. The number of aromatic nitrogens is 1. The van der Waals surface area contributed by atoms with Crippen molar-refractivity contribution < 1.29 is 23.9 Å². The third kappa shape index (κ3) is 1.48. The number of oxazole rings is 1. The molecular formula is C8H6NO2Rh-. The van der Waals surface area contributed by atoms with Crippen LogP contribution in [0.25, 0.3) is 11.1 Å². The molecular weight excluding hydrogens is 245 g/mol. The second-order valence-corrected chi connectivity index (χ2v) is 2.45. The van der Waals surface area contributed by atoms with Crippen molar-refractivity contribution in [2.45, 2.75) is 6.92 Å². The predicted molar refractivity (Wildman–Crippen MR) is 40.5 cm³/mol. The van der Waals surface area contributed by atoms with Crippen LogP contribution in [-0.4, -0.2) is 0 Å². The molecule has 0 saturated heterocycles. The van der Waals surface area contributed by atoms with Crippen LogP contribution in [-0.2, 0) is 19.5 Å². The molecule has 1 aromatic heterocycles. The molecule has 1 aromatic carbocycles. The second-order valence-electron chi connectivity index (χ2n) is 2.45. The number of nitrogens with zero attached hydrogens (tertiary/aromatic N) is 1. The van der Waals surface area contributed by atoms with E-state index in [2.05, 4.69) is 4.98 Å². The Hall–Kier alpha value is -0.887. The van der Waals surface area contributed by atoms with Crippen LogP contribution in [0.2, 0.25) is 0 Å². The van der Waals surface area contributed by atoms with Crippen LogP contribution in [0.5, 0.6) is 0 Å². The van der Waals surface area contributed by atoms with Crippen LogP contribution in [0.4, 0.5) is 0 Å². The van der Waals surface area contributed by atoms with E-state index in [0.29, 0.717) is 11.1 Å². The Morgan fingerprint density at radius 2 is 2.17 bits per heavy atom. The average molecular weight is 251 g/mol. The van der Waals surface area contributed by atoms with E-state index in [0.717, 1.165) is 5.56 Å². The minimum atomic E-state index is -0.523. The third-order valence-electron chi connectivity index (χ3n) is 1.52. The Morgan fingerprint density at radius 1 is 1.42 bits per heavy atom. The first kappa shape index (κ1) is 9.20. The molecule has 1 radical (unpaired) electrons. The SMILES string of the molecule is Cc1ccc2oc(=O)[n-]c2c1.[Rh]. The van der Waals surface area contributed by atoms with Crippen molar-refractivity contribution in [1.29, 1.82) is 0 Å². The van der Waals surface area contributed by atoms with Gasteiger partial charge in [0.15, 0.2) is 0 Å². The summed E-state index contributed by atoms with van der Waals surface area (Å²) in [4.78, 5) is 14.3. The summed E-state index contributed by atoms with van der Waals surface area (Å²) in [5.74, 6) is -0.523. The molecule has 12 heavy (non-hydrogen) atoms. The maximum atomic E-state index is 10.6. The van der Waals surface area contributed by atoms with Crippen LogP contribution in [0.15, 0.2) is 27.4 Å². The summed E-state index contributed by atoms with van der Waals surface area (Å²) in [5, 5.41) is 0. The van der Waals surface area contributed by atoms with E-state index < -0.39 is 5.76 Å². The van der Waals surface area contributed by atoms with E-state index in [1.165, 1.54) is 0 Å². The Kier molecular flexibility index (Phi) is 2.48. The van der Waals surface area contributed by atoms with Gasteiger partial charge in [0.2, 0.25) is 5.76 Å². The van der Waals surface area contributed by atoms with Gasteiger partial charge in [-0.05, 0) is 13.0 Å². The Balaban J connectivity index is 0.000000720. The molecule has 0 unspecified atom stereocenters. The van der Waals surface area contributed by atoms with E-state index in [-0.39, 0.29) is 19.5 Å². The van der Waals surface area contributed by atoms with Crippen LogP contribution in [0, 0.1) is 6.92 Å². The number of hydrogen-bond donors (Lipinski definition) is 0. The zero-order valence-corrected chi connectivity index (χ0v) is 7.97. The summed E-state index contributed by atoms with van der Waals surface area (Å²) >= 11 is 0. The first-order valence-corrected chi connectivity index (χ1v) is 3.30. The molecule has 1 heterocycles. The zero-order chi connectivity index (χ0) is 7.84. The van der Waals surface area contributed by atoms with Crippen molar-refractivity contribution >= 4 is 11.1 Å². The van der Waals surface area contributed by atoms with E-state index in [1.807, 2.05) is 19.1 Å². The van der Waals surface area contributed by atoms with Gasteiger partial charge in [-0.25, -0.2) is 0 Å². The van der Waals surface area contributed by atoms with Crippen molar-refractivity contribution in [3.63, 3.8) is 0 Å². The maximum Gasteiger partial charge on any atom is 0.238 e. The fourth-order valence-corrected chi connectivity index (χ4v) is 1.02. The van der Waals surface area contributed by atoms with E-state index >= 15 is 0 Å². The number of aryl methyl sites for hydroxylation is 1. The fourth-order valence-electron chi connectivity index (χ4n) is 1.02. The van der Waals surface area contributed by atoms with Gasteiger partial charge in [0, 0.05) is 19.5 Å². The fraction of sp³-hybridized carbons (Fsp3) is 0.125. The maximum absolute atomic E-state index is 10.6. The van der Waals surface area contributed by atoms with Gasteiger partial charge in [0.05, 0.1) is 0 Å². The largest absolute Gasteiger partial charge is 0.587 e. The molecule has 0 N–H and O–H groups in total. The summed E-state index contributed by atoms with van der Waals surface area (Å²) in [5.41, 5.74) is 2.27. The summed E-state index contributed by atoms with van der Waals surface area (Å²) < 4.78 is 4.76. The summed E-state index contributed by atoms with van der Waals surface area (Å²) in [6.45, 7) is 1.94. The minimum absolute atomic E-state index is 0. The van der Waals surface area contributed by atoms with Gasteiger partial charge in [0.1, 0.15) is 5.58 Å². The van der Waals surface area contributed by atoms with E-state index in [4.69, 9.17) is 4.42 Å². The van der Waals surface area contributed by atoms with Gasteiger partial charge in [0.25, 0.3) is 0 Å². The second kappa shape index (κ2) is 3.24. The quantitative estimate of drug-likeness (QED) is 0.657. The third-order valence-corrected chi connectivity index (χ3v) is 1.52. The van der Waals surface area contributed by atoms with Crippen molar-refractivity contribution in [1.82, 2.24) is 4.98 Å². The van der Waals surface area contributed by atoms with E-state index in [9.17, 15) is 4.79 Å². The molecule has 0 fully saturated rings. The molecule has 0 aliphatic carbocycles. The van der Waals surface area contributed by atoms with E-state index in [1.54, 1.807) is 6.07 Å². The van der Waals surface area contributed by atoms with Gasteiger partial charge < -0.3 is 9.40 Å². The molecule has 2 aromatic rings. The molecule has 0 aliphatic rings. The summed E-state index contributed by atoms with van der Waals surface area (Å²) in [7, 11) is 0. The Morgan fingerprint density at radius 3 is 2.92 bits per heavy atom. The molecule has 0 amide bonds. The number of fused-ring (bicyclic) bond motifs is 1. The van der Waals surface area contributed by atoms with Crippen LogP contribution >= 0.6 is 0 Å². The number of hydrogen-bond acceptors (Lipinski definition) is 2. The van der Waals surface area contributed by atoms with Gasteiger partial charge in [-0.3, -0.25) is 4.79 Å². The van der Waals surface area contributed by atoms with Crippen molar-refractivity contribution in [3.05, 3.63) is 34.3 Å². The first-order valence-electron chi connectivity index (χ1n) is 3.30. The molecule has 4 heteroatoms. The Labute approximate surface area is 81.5 Å². The first-order chi connectivity index (χ1) is 5.25. The monoisotopic (exact) mass is 251 g/mol. The normalized spacial score (nSPS) is 9.75. The molecule has 0 spiro atoms. The molecule has 65 valence electrons. The van der Waals surface area contributed by atoms with Gasteiger partial charge >= 0.3 is 0 Å². The number of rotatable bonds is 0. The molecule has 2 rings (SSSR count). The molecule has 3 nitrogen and oxygen atoms in total. The van der Waals surface area contributed by atoms with Crippen molar-refractivity contribution in [2.75, 3.05) is 0 Å². The molecule has 0 saturated carbocycles. The van der Waals surface area contributed by atoms with Gasteiger partial charge in [-0.15, -0.1) is 0 Å². The van der Waals surface area contributed by atoms with Crippen LogP contribution in [0.1, 0.15) is 5.56 Å². The zero-order valence-electron chi connectivity index (χ0n) is 6.33. The average Bonchev–Trinajstić information content (AvgIpc) is 2.27. The minimum Gasteiger partial charge on any atom is -0.587 e. The van der Waals surface area contributed by atoms with Gasteiger partial charge in [-0.1, -0.05) is 23.2 Å². The topological polar surface area (TPSA) is 44.3 Å². The number of benzene rings is 1. The van der Waals surface area contributed by atoms with Gasteiger partial charge in [-0.2, -0.15) is 0 Å². The van der Waals surface area contributed by atoms with Crippen molar-refractivity contribution in [2.24, 2.45) is 0 Å². The molecule has 0 atom stereocenters. The predicted octanol–water partition coefficient (Wildman–Crippen LogP) is 1.06.